The van der Waals surface area contributed by atoms with E-state index in [1.54, 1.807) is 18.0 Å². The normalized spacial score (nSPS) is 16.8. The van der Waals surface area contributed by atoms with Gasteiger partial charge in [0.15, 0.2) is 11.5 Å². The lowest BCUT2D eigenvalue weighted by molar-refractivity contribution is 0.0934. The molecular formula is C15H24N2O2. The summed E-state index contributed by atoms with van der Waals surface area (Å²) in [7, 11) is 1.60. The number of hydrogen-bond acceptors (Lipinski definition) is 3. The van der Waals surface area contributed by atoms with Crippen molar-refractivity contribution in [3.8, 4) is 5.75 Å². The van der Waals surface area contributed by atoms with Crippen molar-refractivity contribution in [1.82, 2.24) is 9.78 Å². The predicted molar refractivity (Wildman–Crippen MR) is 74.7 cm³/mol. The number of aromatic nitrogens is 2. The Balaban J connectivity index is 2.14. The van der Waals surface area contributed by atoms with E-state index in [9.17, 15) is 4.79 Å². The van der Waals surface area contributed by atoms with Gasteiger partial charge in [0.1, 0.15) is 5.69 Å². The minimum absolute atomic E-state index is 0.175. The molecule has 0 aliphatic heterocycles. The van der Waals surface area contributed by atoms with Crippen LogP contribution in [0, 0.1) is 5.92 Å². The van der Waals surface area contributed by atoms with Crippen LogP contribution in [0.25, 0.3) is 0 Å². The van der Waals surface area contributed by atoms with Gasteiger partial charge in [-0.2, -0.15) is 5.10 Å². The molecule has 0 N–H and O–H groups in total. The van der Waals surface area contributed by atoms with Crippen LogP contribution in [-0.2, 0) is 0 Å². The molecule has 1 aromatic rings. The summed E-state index contributed by atoms with van der Waals surface area (Å²) in [6, 6.07) is 0.175. The number of ether oxygens (including phenoxy) is 1. The van der Waals surface area contributed by atoms with Gasteiger partial charge < -0.3 is 4.74 Å². The van der Waals surface area contributed by atoms with Gasteiger partial charge in [-0.1, -0.05) is 32.1 Å². The summed E-state index contributed by atoms with van der Waals surface area (Å²) in [6.07, 6.45) is 8.49. The molecule has 0 aromatic carbocycles. The average Bonchev–Trinajstić information content (AvgIpc) is 2.83. The summed E-state index contributed by atoms with van der Waals surface area (Å²) in [5.41, 5.74) is 0.642. The van der Waals surface area contributed by atoms with Crippen molar-refractivity contribution in [3.63, 3.8) is 0 Å². The van der Waals surface area contributed by atoms with Crippen LogP contribution in [0.3, 0.4) is 0 Å². The van der Waals surface area contributed by atoms with E-state index in [-0.39, 0.29) is 11.8 Å². The highest BCUT2D eigenvalue weighted by Gasteiger charge is 2.24. The van der Waals surface area contributed by atoms with Crippen LogP contribution in [0.2, 0.25) is 0 Å². The van der Waals surface area contributed by atoms with Gasteiger partial charge in [0, 0.05) is 12.5 Å². The molecular weight excluding hydrogens is 240 g/mol. The molecule has 1 aliphatic rings. The van der Waals surface area contributed by atoms with Gasteiger partial charge in [0.05, 0.1) is 13.3 Å². The fourth-order valence-corrected chi connectivity index (χ4v) is 2.90. The Hall–Kier alpha value is -1.32. The van der Waals surface area contributed by atoms with Gasteiger partial charge >= 0.3 is 0 Å². The molecule has 0 atom stereocenters. The molecule has 19 heavy (non-hydrogen) atoms. The van der Waals surface area contributed by atoms with Crippen molar-refractivity contribution in [2.45, 2.75) is 58.4 Å². The number of carbonyl (C=O) groups is 1. The predicted octanol–water partition coefficient (Wildman–Crippen LogP) is 3.63. The highest BCUT2D eigenvalue weighted by atomic mass is 16.5. The van der Waals surface area contributed by atoms with Gasteiger partial charge in [-0.3, -0.25) is 9.48 Å². The van der Waals surface area contributed by atoms with Crippen molar-refractivity contribution < 1.29 is 9.53 Å². The Kier molecular flexibility index (Phi) is 4.61. The molecule has 0 unspecified atom stereocenters. The van der Waals surface area contributed by atoms with Crippen LogP contribution in [0.15, 0.2) is 6.20 Å². The molecule has 4 heteroatoms. The quantitative estimate of drug-likeness (QED) is 0.763. The number of nitrogens with zero attached hydrogens (tertiary/aromatic N) is 2. The van der Waals surface area contributed by atoms with Crippen molar-refractivity contribution in [2.24, 2.45) is 5.92 Å². The summed E-state index contributed by atoms with van der Waals surface area (Å²) in [4.78, 5) is 12.5. The van der Waals surface area contributed by atoms with Crippen LogP contribution in [0.1, 0.15) is 68.9 Å². The van der Waals surface area contributed by atoms with Crippen molar-refractivity contribution >= 4 is 5.78 Å². The molecule has 1 saturated carbocycles. The topological polar surface area (TPSA) is 44.1 Å². The Morgan fingerprint density at radius 3 is 2.68 bits per heavy atom. The molecule has 0 radical (unpaired) electrons. The van der Waals surface area contributed by atoms with Crippen molar-refractivity contribution in [2.75, 3.05) is 7.11 Å². The van der Waals surface area contributed by atoms with E-state index in [2.05, 4.69) is 5.10 Å². The smallest absolute Gasteiger partial charge is 0.184 e. The van der Waals surface area contributed by atoms with E-state index in [0.717, 1.165) is 0 Å². The Morgan fingerprint density at radius 1 is 1.42 bits per heavy atom. The molecule has 1 aliphatic carbocycles. The number of hydrogen-bond donors (Lipinski definition) is 0. The maximum atomic E-state index is 12.5. The maximum absolute atomic E-state index is 12.5. The highest BCUT2D eigenvalue weighted by molar-refractivity contribution is 5.97. The van der Waals surface area contributed by atoms with E-state index in [4.69, 9.17) is 4.74 Å². The molecule has 1 heterocycles. The SMILES string of the molecule is COc1cnn(C(C)C)c1C(=O)CC1CCCCC1. The summed E-state index contributed by atoms with van der Waals surface area (Å²) in [5.74, 6) is 1.32. The number of ketones is 1. The van der Waals surface area contributed by atoms with Crippen LogP contribution < -0.4 is 4.74 Å². The summed E-state index contributed by atoms with van der Waals surface area (Å²) < 4.78 is 7.06. The van der Waals surface area contributed by atoms with Crippen molar-refractivity contribution in [1.29, 1.82) is 0 Å². The molecule has 1 fully saturated rings. The zero-order valence-corrected chi connectivity index (χ0v) is 12.2. The molecule has 2 rings (SSSR count). The zero-order valence-electron chi connectivity index (χ0n) is 12.2. The largest absolute Gasteiger partial charge is 0.493 e. The Bertz CT molecular complexity index is 431. The van der Waals surface area contributed by atoms with Crippen LogP contribution in [-0.4, -0.2) is 22.7 Å². The van der Waals surface area contributed by atoms with Gasteiger partial charge in [0.2, 0.25) is 0 Å². The Labute approximate surface area is 115 Å². The first-order valence-electron chi connectivity index (χ1n) is 7.28. The fraction of sp³-hybridized carbons (Fsp3) is 0.733. The van der Waals surface area contributed by atoms with Crippen LogP contribution >= 0.6 is 0 Å². The van der Waals surface area contributed by atoms with E-state index < -0.39 is 0 Å². The van der Waals surface area contributed by atoms with Crippen LogP contribution in [0.5, 0.6) is 5.75 Å². The fourth-order valence-electron chi connectivity index (χ4n) is 2.90. The second-order valence-electron chi connectivity index (χ2n) is 5.73. The van der Waals surface area contributed by atoms with Crippen molar-refractivity contribution in [3.05, 3.63) is 11.9 Å². The molecule has 0 bridgehead atoms. The summed E-state index contributed by atoms with van der Waals surface area (Å²) in [5, 5.41) is 4.27. The van der Waals surface area contributed by atoms with E-state index in [0.29, 0.717) is 23.8 Å². The third kappa shape index (κ3) is 3.17. The van der Waals surface area contributed by atoms with E-state index in [1.807, 2.05) is 13.8 Å². The first-order valence-corrected chi connectivity index (χ1v) is 7.28. The minimum atomic E-state index is 0.175. The summed E-state index contributed by atoms with van der Waals surface area (Å²) >= 11 is 0. The number of rotatable bonds is 5. The molecule has 0 amide bonds. The molecule has 4 nitrogen and oxygen atoms in total. The average molecular weight is 264 g/mol. The second-order valence-corrected chi connectivity index (χ2v) is 5.73. The zero-order chi connectivity index (χ0) is 13.8. The molecule has 1 aromatic heterocycles. The molecule has 0 spiro atoms. The number of methoxy groups -OCH3 is 1. The lowest BCUT2D eigenvalue weighted by atomic mass is 9.85. The second kappa shape index (κ2) is 6.22. The molecule has 0 saturated heterocycles. The maximum Gasteiger partial charge on any atom is 0.184 e. The lowest BCUT2D eigenvalue weighted by Crippen LogP contribution is -2.17. The highest BCUT2D eigenvalue weighted by Crippen LogP contribution is 2.30. The van der Waals surface area contributed by atoms with Gasteiger partial charge in [-0.05, 0) is 19.8 Å². The number of carbonyl (C=O) groups excluding carboxylic acids is 1. The van der Waals surface area contributed by atoms with Crippen LogP contribution in [0.4, 0.5) is 0 Å². The standard InChI is InChI=1S/C15H24N2O2/c1-11(2)17-15(14(19-3)10-16-17)13(18)9-12-7-5-4-6-8-12/h10-12H,4-9H2,1-3H3. The minimum Gasteiger partial charge on any atom is -0.493 e. The third-order valence-corrected chi connectivity index (χ3v) is 3.93. The first-order chi connectivity index (χ1) is 9.13. The first kappa shape index (κ1) is 14.1. The van der Waals surface area contributed by atoms with Gasteiger partial charge in [0.25, 0.3) is 0 Å². The Morgan fingerprint density at radius 2 is 2.11 bits per heavy atom. The van der Waals surface area contributed by atoms with Gasteiger partial charge in [-0.15, -0.1) is 0 Å². The molecule has 106 valence electrons. The number of Topliss-reactive ketones (excluding diaryl/α,β-unsaturated/α-hetero) is 1. The van der Waals surface area contributed by atoms with Gasteiger partial charge in [-0.25, -0.2) is 0 Å². The van der Waals surface area contributed by atoms with E-state index in [1.165, 1.54) is 32.1 Å². The third-order valence-electron chi connectivity index (χ3n) is 3.93. The summed E-state index contributed by atoms with van der Waals surface area (Å²) in [6.45, 7) is 4.06. The van der Waals surface area contributed by atoms with E-state index >= 15 is 0 Å². The monoisotopic (exact) mass is 264 g/mol. The lowest BCUT2D eigenvalue weighted by Gasteiger charge is -2.21.